The minimum absolute atomic E-state index is 0.232. The first kappa shape index (κ1) is 14.9. The minimum atomic E-state index is -1.32. The van der Waals surface area contributed by atoms with Crippen LogP contribution in [0.4, 0.5) is 0 Å². The van der Waals surface area contributed by atoms with Gasteiger partial charge in [0, 0.05) is 20.1 Å². The molecule has 3 rings (SSSR count). The lowest BCUT2D eigenvalue weighted by molar-refractivity contribution is -0.248. The largest absolute Gasteiger partial charge is 0.469 e. The van der Waals surface area contributed by atoms with Crippen LogP contribution in [0.5, 0.6) is 0 Å². The molecule has 0 unspecified atom stereocenters. The van der Waals surface area contributed by atoms with Crippen molar-refractivity contribution in [3.05, 3.63) is 24.8 Å². The maximum atomic E-state index is 13.0. The van der Waals surface area contributed by atoms with E-state index in [0.29, 0.717) is 12.8 Å². The molecule has 0 N–H and O–H groups in total. The summed E-state index contributed by atoms with van der Waals surface area (Å²) < 4.78 is 15.7. The van der Waals surface area contributed by atoms with Crippen molar-refractivity contribution in [3.63, 3.8) is 0 Å². The summed E-state index contributed by atoms with van der Waals surface area (Å²) in [6, 6.07) is 0. The fraction of sp³-hybridized carbons (Fsp3) is 0.600. The van der Waals surface area contributed by atoms with Gasteiger partial charge in [0.05, 0.1) is 18.4 Å². The second-order valence-corrected chi connectivity index (χ2v) is 5.22. The molecule has 5 nitrogen and oxygen atoms in total. The van der Waals surface area contributed by atoms with Crippen molar-refractivity contribution in [2.75, 3.05) is 21.3 Å². The lowest BCUT2D eigenvalue weighted by Crippen LogP contribution is -2.65. The highest BCUT2D eigenvalue weighted by molar-refractivity contribution is 6.00. The number of ether oxygens (including phenoxy) is 3. The molecular weight excluding hydrogens is 260 g/mol. The van der Waals surface area contributed by atoms with Gasteiger partial charge >= 0.3 is 5.97 Å². The molecule has 5 heteroatoms. The first-order valence-corrected chi connectivity index (χ1v) is 6.55. The molecular formula is C15H20O5. The molecule has 0 aliphatic heterocycles. The highest BCUT2D eigenvalue weighted by Gasteiger charge is 2.65. The molecule has 3 aliphatic rings. The number of carbonyl (C=O) groups excluding carboxylic acids is 2. The third kappa shape index (κ3) is 1.70. The summed E-state index contributed by atoms with van der Waals surface area (Å²) >= 11 is 0. The summed E-state index contributed by atoms with van der Waals surface area (Å²) in [5, 5.41) is 0. The summed E-state index contributed by atoms with van der Waals surface area (Å²) in [6.07, 6.45) is 6.15. The van der Waals surface area contributed by atoms with Gasteiger partial charge in [-0.3, -0.25) is 9.59 Å². The van der Waals surface area contributed by atoms with Crippen LogP contribution < -0.4 is 0 Å². The van der Waals surface area contributed by atoms with Gasteiger partial charge in [-0.15, -0.1) is 6.58 Å². The number of allylic oxidation sites excluding steroid dienone is 2. The quantitative estimate of drug-likeness (QED) is 0.434. The smallest absolute Gasteiger partial charge is 0.310 e. The summed E-state index contributed by atoms with van der Waals surface area (Å²) in [6.45, 7) is 3.70. The van der Waals surface area contributed by atoms with Crippen LogP contribution in [-0.2, 0) is 23.8 Å². The van der Waals surface area contributed by atoms with Crippen molar-refractivity contribution in [2.45, 2.75) is 18.6 Å². The van der Waals surface area contributed by atoms with E-state index in [1.165, 1.54) is 21.3 Å². The molecule has 20 heavy (non-hydrogen) atoms. The summed E-state index contributed by atoms with van der Waals surface area (Å²) in [4.78, 5) is 25.0. The molecule has 1 fully saturated rings. The third-order valence-corrected chi connectivity index (χ3v) is 4.54. The number of hydrogen-bond donors (Lipinski definition) is 0. The molecule has 3 atom stereocenters. The van der Waals surface area contributed by atoms with Crippen LogP contribution in [-0.4, -0.2) is 38.9 Å². The van der Waals surface area contributed by atoms with Gasteiger partial charge in [0.1, 0.15) is 0 Å². The van der Waals surface area contributed by atoms with Crippen molar-refractivity contribution < 1.29 is 23.8 Å². The number of carbonyl (C=O) groups is 2. The van der Waals surface area contributed by atoms with Crippen molar-refractivity contribution in [2.24, 2.45) is 17.3 Å². The van der Waals surface area contributed by atoms with Crippen LogP contribution in [0.25, 0.3) is 0 Å². The minimum Gasteiger partial charge on any atom is -0.469 e. The second-order valence-electron chi connectivity index (χ2n) is 5.22. The molecule has 110 valence electrons. The first-order valence-electron chi connectivity index (χ1n) is 6.55. The fourth-order valence-corrected chi connectivity index (χ4v) is 3.52. The van der Waals surface area contributed by atoms with Gasteiger partial charge in [0.2, 0.25) is 11.6 Å². The van der Waals surface area contributed by atoms with Gasteiger partial charge in [-0.25, -0.2) is 0 Å². The number of hydrogen-bond acceptors (Lipinski definition) is 5. The molecule has 0 radical (unpaired) electrons. The second kappa shape index (κ2) is 5.14. The summed E-state index contributed by atoms with van der Waals surface area (Å²) in [5.74, 6) is -2.74. The Hall–Kier alpha value is -1.46. The van der Waals surface area contributed by atoms with Crippen LogP contribution >= 0.6 is 0 Å². The van der Waals surface area contributed by atoms with E-state index >= 15 is 0 Å². The van der Waals surface area contributed by atoms with Crippen molar-refractivity contribution in [1.29, 1.82) is 0 Å². The maximum Gasteiger partial charge on any atom is 0.310 e. The van der Waals surface area contributed by atoms with Crippen LogP contribution in [0, 0.1) is 17.3 Å². The average Bonchev–Trinajstić information content (AvgIpc) is 2.48. The van der Waals surface area contributed by atoms with Crippen molar-refractivity contribution in [3.8, 4) is 0 Å². The van der Waals surface area contributed by atoms with Crippen LogP contribution in [0.2, 0.25) is 0 Å². The SMILES string of the molecule is C=CC[C@@]12C=C[C@@H](C[C@H]1C(=O)OC)C(OC)(OC)C2=O. The Labute approximate surface area is 118 Å². The van der Waals surface area contributed by atoms with Gasteiger partial charge in [0.15, 0.2) is 0 Å². The number of rotatable bonds is 5. The van der Waals surface area contributed by atoms with Crippen LogP contribution in [0.1, 0.15) is 12.8 Å². The fourth-order valence-electron chi connectivity index (χ4n) is 3.52. The Balaban J connectivity index is 2.55. The van der Waals surface area contributed by atoms with E-state index in [4.69, 9.17) is 14.2 Å². The third-order valence-electron chi connectivity index (χ3n) is 4.54. The van der Waals surface area contributed by atoms with E-state index in [-0.39, 0.29) is 17.7 Å². The molecule has 2 bridgehead atoms. The lowest BCUT2D eigenvalue weighted by Gasteiger charge is -2.53. The molecule has 0 aromatic carbocycles. The zero-order valence-corrected chi connectivity index (χ0v) is 12.0. The molecule has 0 amide bonds. The molecule has 0 spiro atoms. The monoisotopic (exact) mass is 280 g/mol. The van der Waals surface area contributed by atoms with E-state index < -0.39 is 17.1 Å². The number of Topliss-reactive ketones (excluding diaryl/α,β-unsaturated/α-hetero) is 1. The highest BCUT2D eigenvalue weighted by Crippen LogP contribution is 2.55. The standard InChI is InChI=1S/C15H20O5/c1-5-7-14-8-6-10(9-11(14)12(16)18-2)15(19-3,20-4)13(14)17/h5-6,8,10-11H,1,7,9H2,2-4H3/t10-,11-,14+/m0/s1. The molecule has 0 saturated heterocycles. The average molecular weight is 280 g/mol. The van der Waals surface area contributed by atoms with Crippen LogP contribution in [0.3, 0.4) is 0 Å². The van der Waals surface area contributed by atoms with Gasteiger partial charge in [0.25, 0.3) is 0 Å². The number of fused-ring (bicyclic) bond motifs is 2. The summed E-state index contributed by atoms with van der Waals surface area (Å²) in [7, 11) is 4.23. The predicted molar refractivity (Wildman–Crippen MR) is 71.8 cm³/mol. The Kier molecular flexibility index (Phi) is 3.84. The van der Waals surface area contributed by atoms with E-state index in [1.54, 1.807) is 12.2 Å². The molecule has 0 aromatic rings. The number of ketones is 1. The van der Waals surface area contributed by atoms with E-state index in [2.05, 4.69) is 6.58 Å². The normalized spacial score (nSPS) is 34.0. The topological polar surface area (TPSA) is 61.8 Å². The lowest BCUT2D eigenvalue weighted by atomic mass is 9.54. The Morgan fingerprint density at radius 2 is 2.10 bits per heavy atom. The maximum absolute atomic E-state index is 13.0. The molecule has 1 saturated carbocycles. The van der Waals surface area contributed by atoms with Crippen molar-refractivity contribution >= 4 is 11.8 Å². The Morgan fingerprint density at radius 1 is 1.45 bits per heavy atom. The Morgan fingerprint density at radius 3 is 2.60 bits per heavy atom. The zero-order chi connectivity index (χ0) is 15.0. The van der Waals surface area contributed by atoms with E-state index in [0.717, 1.165) is 0 Å². The highest BCUT2D eigenvalue weighted by atomic mass is 16.7. The van der Waals surface area contributed by atoms with Gasteiger partial charge in [-0.1, -0.05) is 18.2 Å². The van der Waals surface area contributed by atoms with Crippen LogP contribution in [0.15, 0.2) is 24.8 Å². The van der Waals surface area contributed by atoms with Gasteiger partial charge < -0.3 is 14.2 Å². The first-order chi connectivity index (χ1) is 9.52. The Bertz CT molecular complexity index is 463. The van der Waals surface area contributed by atoms with E-state index in [1.807, 2.05) is 6.08 Å². The summed E-state index contributed by atoms with van der Waals surface area (Å²) in [5.41, 5.74) is -0.990. The molecule has 0 aromatic heterocycles. The van der Waals surface area contributed by atoms with Gasteiger partial charge in [-0.2, -0.15) is 0 Å². The van der Waals surface area contributed by atoms with Crippen molar-refractivity contribution in [1.82, 2.24) is 0 Å². The van der Waals surface area contributed by atoms with E-state index in [9.17, 15) is 9.59 Å². The molecule has 3 aliphatic carbocycles. The predicted octanol–water partition coefficient (Wildman–Crippen LogP) is 1.49. The van der Waals surface area contributed by atoms with Gasteiger partial charge in [-0.05, 0) is 12.8 Å². The molecule has 0 heterocycles. The number of esters is 1. The number of methoxy groups -OCH3 is 3. The zero-order valence-electron chi connectivity index (χ0n) is 12.0.